The van der Waals surface area contributed by atoms with Crippen LogP contribution in [0.5, 0.6) is 0 Å². The molecule has 1 unspecified atom stereocenters. The molecule has 0 bridgehead atoms. The molecule has 120 valence electrons. The fraction of sp³-hybridized carbons (Fsp3) is 0.647. The third kappa shape index (κ3) is 3.65. The summed E-state index contributed by atoms with van der Waals surface area (Å²) in [5.74, 6) is 0.920. The predicted octanol–water partition coefficient (Wildman–Crippen LogP) is 3.12. The topological polar surface area (TPSA) is 58.4 Å². The van der Waals surface area contributed by atoms with Crippen LogP contribution in [0.25, 0.3) is 0 Å². The summed E-state index contributed by atoms with van der Waals surface area (Å²) in [6.45, 7) is 5.27. The van der Waals surface area contributed by atoms with Crippen LogP contribution in [0.1, 0.15) is 44.2 Å². The van der Waals surface area contributed by atoms with Crippen molar-refractivity contribution in [3.8, 4) is 0 Å². The van der Waals surface area contributed by atoms with Gasteiger partial charge in [0.1, 0.15) is 0 Å². The third-order valence-electron chi connectivity index (χ3n) is 5.05. The van der Waals surface area contributed by atoms with Crippen LogP contribution >= 0.6 is 0 Å². The highest BCUT2D eigenvalue weighted by atomic mass is 16.6. The van der Waals surface area contributed by atoms with Crippen LogP contribution in [-0.2, 0) is 0 Å². The first-order chi connectivity index (χ1) is 10.6. The van der Waals surface area contributed by atoms with Crippen molar-refractivity contribution in [2.75, 3.05) is 19.6 Å². The summed E-state index contributed by atoms with van der Waals surface area (Å²) in [4.78, 5) is 13.3. The molecule has 0 spiro atoms. The number of piperidine rings is 1. The monoisotopic (exact) mass is 303 g/mol. The van der Waals surface area contributed by atoms with Gasteiger partial charge in [-0.1, -0.05) is 18.2 Å². The summed E-state index contributed by atoms with van der Waals surface area (Å²) in [5.41, 5.74) is 1.07. The van der Waals surface area contributed by atoms with Gasteiger partial charge >= 0.3 is 0 Å². The number of rotatable bonds is 6. The molecule has 1 saturated carbocycles. The lowest BCUT2D eigenvalue weighted by Gasteiger charge is -2.36. The first-order valence-corrected chi connectivity index (χ1v) is 8.36. The molecule has 1 aromatic rings. The Morgan fingerprint density at radius 2 is 1.95 bits per heavy atom. The van der Waals surface area contributed by atoms with E-state index < -0.39 is 0 Å². The molecule has 0 radical (unpaired) electrons. The van der Waals surface area contributed by atoms with E-state index in [1.54, 1.807) is 12.1 Å². The summed E-state index contributed by atoms with van der Waals surface area (Å²) >= 11 is 0. The summed E-state index contributed by atoms with van der Waals surface area (Å²) in [6, 6.07) is 7.85. The number of hydrogen-bond acceptors (Lipinski definition) is 4. The highest BCUT2D eigenvalue weighted by molar-refractivity contribution is 5.41. The van der Waals surface area contributed by atoms with E-state index in [1.807, 2.05) is 12.1 Å². The maximum atomic E-state index is 11.2. The van der Waals surface area contributed by atoms with Gasteiger partial charge in [-0.3, -0.25) is 15.0 Å². The van der Waals surface area contributed by atoms with E-state index in [0.29, 0.717) is 6.04 Å². The van der Waals surface area contributed by atoms with Crippen LogP contribution in [0.2, 0.25) is 0 Å². The summed E-state index contributed by atoms with van der Waals surface area (Å²) in [7, 11) is 0. The zero-order valence-corrected chi connectivity index (χ0v) is 13.2. The molecule has 0 amide bonds. The van der Waals surface area contributed by atoms with E-state index in [2.05, 4.69) is 17.1 Å². The standard InChI is InChI=1S/C17H25N3O2/c1-13(16-4-2-3-5-17(16)20(21)22)19-10-8-15(9-11-19)18-12-14-6-7-14/h2-5,13-15,18H,6-12H2,1H3. The van der Waals surface area contributed by atoms with Gasteiger partial charge in [0.05, 0.1) is 4.92 Å². The van der Waals surface area contributed by atoms with E-state index in [4.69, 9.17) is 0 Å². The van der Waals surface area contributed by atoms with Gasteiger partial charge in [-0.15, -0.1) is 0 Å². The van der Waals surface area contributed by atoms with Gasteiger partial charge in [-0.2, -0.15) is 0 Å². The smallest absolute Gasteiger partial charge is 0.274 e. The van der Waals surface area contributed by atoms with Crippen molar-refractivity contribution in [1.82, 2.24) is 10.2 Å². The molecular weight excluding hydrogens is 278 g/mol. The second-order valence-electron chi connectivity index (χ2n) is 6.65. The van der Waals surface area contributed by atoms with E-state index in [-0.39, 0.29) is 16.7 Å². The quantitative estimate of drug-likeness (QED) is 0.648. The Hall–Kier alpha value is -1.46. The molecule has 1 atom stereocenters. The van der Waals surface area contributed by atoms with E-state index in [9.17, 15) is 10.1 Å². The maximum absolute atomic E-state index is 11.2. The number of hydrogen-bond donors (Lipinski definition) is 1. The Labute approximate surface area is 131 Å². The normalized spacial score (nSPS) is 21.7. The number of nitrogens with one attached hydrogen (secondary N) is 1. The number of para-hydroxylation sites is 1. The number of likely N-dealkylation sites (tertiary alicyclic amines) is 1. The van der Waals surface area contributed by atoms with E-state index >= 15 is 0 Å². The first kappa shape index (κ1) is 15.4. The lowest BCUT2D eigenvalue weighted by atomic mass is 9.99. The Bertz CT molecular complexity index is 522. The molecule has 1 aromatic carbocycles. The molecule has 1 aliphatic carbocycles. The molecule has 2 fully saturated rings. The molecule has 1 saturated heterocycles. The summed E-state index contributed by atoms with van der Waals surface area (Å²) in [5, 5.41) is 14.9. The average molecular weight is 303 g/mol. The summed E-state index contributed by atoms with van der Waals surface area (Å²) in [6.07, 6.45) is 5.05. The number of nitro groups is 1. The highest BCUT2D eigenvalue weighted by Gasteiger charge is 2.28. The van der Waals surface area contributed by atoms with Gasteiger partial charge in [-0.05, 0) is 45.1 Å². The number of nitrogens with zero attached hydrogens (tertiary/aromatic N) is 2. The van der Waals surface area contributed by atoms with Crippen molar-refractivity contribution in [1.29, 1.82) is 0 Å². The van der Waals surface area contributed by atoms with Crippen molar-refractivity contribution in [3.05, 3.63) is 39.9 Å². The van der Waals surface area contributed by atoms with Crippen LogP contribution in [0.3, 0.4) is 0 Å². The minimum absolute atomic E-state index is 0.103. The van der Waals surface area contributed by atoms with Gasteiger partial charge in [0.2, 0.25) is 0 Å². The molecule has 2 aliphatic rings. The van der Waals surface area contributed by atoms with Crippen LogP contribution in [-0.4, -0.2) is 35.5 Å². The van der Waals surface area contributed by atoms with Crippen molar-refractivity contribution in [2.24, 2.45) is 5.92 Å². The van der Waals surface area contributed by atoms with Crippen molar-refractivity contribution in [3.63, 3.8) is 0 Å². The molecule has 1 N–H and O–H groups in total. The van der Waals surface area contributed by atoms with Gasteiger partial charge in [0.15, 0.2) is 0 Å². The largest absolute Gasteiger partial charge is 0.314 e. The molecule has 22 heavy (non-hydrogen) atoms. The Balaban J connectivity index is 1.57. The SMILES string of the molecule is CC(c1ccccc1[N+](=O)[O-])N1CCC(NCC2CC2)CC1. The molecule has 3 rings (SSSR count). The predicted molar refractivity (Wildman–Crippen MR) is 86.8 cm³/mol. The highest BCUT2D eigenvalue weighted by Crippen LogP contribution is 2.31. The Morgan fingerprint density at radius 3 is 2.59 bits per heavy atom. The first-order valence-electron chi connectivity index (χ1n) is 8.36. The van der Waals surface area contributed by atoms with Crippen LogP contribution in [0, 0.1) is 16.0 Å². The molecule has 5 nitrogen and oxygen atoms in total. The molecular formula is C17H25N3O2. The van der Waals surface area contributed by atoms with Crippen molar-refractivity contribution < 1.29 is 4.92 Å². The summed E-state index contributed by atoms with van der Waals surface area (Å²) < 4.78 is 0. The second kappa shape index (κ2) is 6.75. The van der Waals surface area contributed by atoms with Gasteiger partial charge in [0.25, 0.3) is 5.69 Å². The van der Waals surface area contributed by atoms with Gasteiger partial charge < -0.3 is 5.32 Å². The average Bonchev–Trinajstić information content (AvgIpc) is 3.37. The van der Waals surface area contributed by atoms with E-state index in [0.717, 1.165) is 37.4 Å². The fourth-order valence-electron chi connectivity index (χ4n) is 3.35. The Kier molecular flexibility index (Phi) is 4.74. The second-order valence-corrected chi connectivity index (χ2v) is 6.65. The van der Waals surface area contributed by atoms with Crippen LogP contribution in [0.4, 0.5) is 5.69 Å². The Morgan fingerprint density at radius 1 is 1.27 bits per heavy atom. The van der Waals surface area contributed by atoms with Crippen LogP contribution < -0.4 is 5.32 Å². The lowest BCUT2D eigenvalue weighted by Crippen LogP contribution is -2.43. The molecule has 1 aliphatic heterocycles. The minimum atomic E-state index is -0.268. The van der Waals surface area contributed by atoms with Crippen molar-refractivity contribution in [2.45, 2.75) is 44.7 Å². The molecule has 1 heterocycles. The fourth-order valence-corrected chi connectivity index (χ4v) is 3.35. The van der Waals surface area contributed by atoms with E-state index in [1.165, 1.54) is 19.4 Å². The van der Waals surface area contributed by atoms with Gasteiger partial charge in [0, 0.05) is 36.8 Å². The van der Waals surface area contributed by atoms with Gasteiger partial charge in [-0.25, -0.2) is 0 Å². The zero-order chi connectivity index (χ0) is 15.5. The molecule has 5 heteroatoms. The van der Waals surface area contributed by atoms with Crippen molar-refractivity contribution >= 4 is 5.69 Å². The third-order valence-corrected chi connectivity index (χ3v) is 5.05. The number of nitro benzene ring substituents is 1. The van der Waals surface area contributed by atoms with Crippen LogP contribution in [0.15, 0.2) is 24.3 Å². The maximum Gasteiger partial charge on any atom is 0.274 e. The molecule has 0 aromatic heterocycles. The zero-order valence-electron chi connectivity index (χ0n) is 13.2. The minimum Gasteiger partial charge on any atom is -0.314 e. The number of benzene rings is 1. The lowest BCUT2D eigenvalue weighted by molar-refractivity contribution is -0.386.